The number of carbonyl (C=O) groups is 4. The third kappa shape index (κ3) is 3.23. The van der Waals surface area contributed by atoms with Crippen molar-refractivity contribution in [3.05, 3.63) is 48.5 Å². The summed E-state index contributed by atoms with van der Waals surface area (Å²) in [5, 5.41) is 0. The summed E-state index contributed by atoms with van der Waals surface area (Å²) in [7, 11) is 0. The Bertz CT molecular complexity index is 1030. The van der Waals surface area contributed by atoms with Gasteiger partial charge in [0.2, 0.25) is 23.6 Å². The molecule has 0 N–H and O–H groups in total. The Morgan fingerprint density at radius 2 is 0.706 bits per heavy atom. The molecule has 2 saturated heterocycles. The molecule has 4 fully saturated rings. The molecule has 0 aromatic heterocycles. The number of carbonyl (C=O) groups excluding carboxylic acids is 4. The SMILES string of the molecule is O=C1[C@H]2CCCC[C@H]2C(=O)N1c1ccc(-c2ccc(N3C(=O)[C@H]4CCCC[C@H]4C3=O)cc2)cc1. The van der Waals surface area contributed by atoms with Crippen molar-refractivity contribution < 1.29 is 19.2 Å². The molecular formula is C28H28N2O4. The van der Waals surface area contributed by atoms with E-state index >= 15 is 0 Å². The smallest absolute Gasteiger partial charge is 0.237 e. The maximum absolute atomic E-state index is 12.9. The first kappa shape index (κ1) is 21.3. The van der Waals surface area contributed by atoms with Gasteiger partial charge in [-0.05, 0) is 61.1 Å². The van der Waals surface area contributed by atoms with E-state index in [-0.39, 0.29) is 47.3 Å². The van der Waals surface area contributed by atoms with Gasteiger partial charge in [0.1, 0.15) is 0 Å². The highest BCUT2D eigenvalue weighted by Gasteiger charge is 2.49. The molecule has 2 aromatic carbocycles. The van der Waals surface area contributed by atoms with Gasteiger partial charge in [-0.15, -0.1) is 0 Å². The molecule has 2 aliphatic carbocycles. The zero-order valence-electron chi connectivity index (χ0n) is 19.1. The second kappa shape index (κ2) is 8.19. The Kier molecular flexibility index (Phi) is 5.12. The lowest BCUT2D eigenvalue weighted by Crippen LogP contribution is -2.30. The standard InChI is InChI=1S/C28H28N2O4/c31-25-21-5-1-2-6-22(21)26(32)29(25)19-13-9-17(10-14-19)18-11-15-20(16-12-18)30-27(33)23-7-3-4-8-24(23)28(30)34/h9-16,21-24H,1-8H2/t21-,22+,23-,24+. The molecule has 6 nitrogen and oxygen atoms in total. The molecule has 2 aromatic rings. The van der Waals surface area contributed by atoms with Gasteiger partial charge in [-0.25, -0.2) is 0 Å². The van der Waals surface area contributed by atoms with E-state index in [0.717, 1.165) is 62.5 Å². The number of fused-ring (bicyclic) bond motifs is 2. The van der Waals surface area contributed by atoms with Gasteiger partial charge in [-0.2, -0.15) is 0 Å². The second-order valence-electron chi connectivity index (χ2n) is 10.1. The van der Waals surface area contributed by atoms with E-state index in [2.05, 4.69) is 0 Å². The second-order valence-corrected chi connectivity index (χ2v) is 10.1. The number of amides is 4. The molecule has 2 heterocycles. The fraction of sp³-hybridized carbons (Fsp3) is 0.429. The number of nitrogens with zero attached hydrogens (tertiary/aromatic N) is 2. The molecule has 4 amide bonds. The average molecular weight is 457 g/mol. The van der Waals surface area contributed by atoms with E-state index in [0.29, 0.717) is 11.4 Å². The minimum Gasteiger partial charge on any atom is -0.274 e. The lowest BCUT2D eigenvalue weighted by Gasteiger charge is -2.19. The molecule has 0 spiro atoms. The van der Waals surface area contributed by atoms with E-state index in [4.69, 9.17) is 0 Å². The summed E-state index contributed by atoms with van der Waals surface area (Å²) in [6.45, 7) is 0. The summed E-state index contributed by atoms with van der Waals surface area (Å²) in [6, 6.07) is 15.0. The zero-order valence-corrected chi connectivity index (χ0v) is 19.1. The van der Waals surface area contributed by atoms with Gasteiger partial charge in [0.15, 0.2) is 0 Å². The lowest BCUT2D eigenvalue weighted by molar-refractivity contribution is -0.124. The molecule has 2 aliphatic heterocycles. The molecule has 174 valence electrons. The van der Waals surface area contributed by atoms with Crippen molar-refractivity contribution in [1.82, 2.24) is 0 Å². The zero-order chi connectivity index (χ0) is 23.4. The number of benzene rings is 2. The first-order valence-corrected chi connectivity index (χ1v) is 12.5. The highest BCUT2D eigenvalue weighted by atomic mass is 16.2. The van der Waals surface area contributed by atoms with Crippen LogP contribution in [-0.4, -0.2) is 23.6 Å². The fourth-order valence-corrected chi connectivity index (χ4v) is 6.44. The molecule has 6 heteroatoms. The number of hydrogen-bond acceptors (Lipinski definition) is 4. The maximum atomic E-state index is 12.9. The predicted octanol–water partition coefficient (Wildman–Crippen LogP) is 4.71. The van der Waals surface area contributed by atoms with E-state index < -0.39 is 0 Å². The van der Waals surface area contributed by atoms with E-state index in [1.54, 1.807) is 0 Å². The van der Waals surface area contributed by atoms with Gasteiger partial charge in [0.05, 0.1) is 35.0 Å². The van der Waals surface area contributed by atoms with Crippen LogP contribution >= 0.6 is 0 Å². The largest absolute Gasteiger partial charge is 0.274 e. The van der Waals surface area contributed by atoms with E-state index in [9.17, 15) is 19.2 Å². The maximum Gasteiger partial charge on any atom is 0.237 e. The van der Waals surface area contributed by atoms with Crippen LogP contribution in [0.25, 0.3) is 11.1 Å². The summed E-state index contributed by atoms with van der Waals surface area (Å²) in [4.78, 5) is 54.2. The molecule has 6 rings (SSSR count). The van der Waals surface area contributed by atoms with Crippen LogP contribution in [0, 0.1) is 23.7 Å². The van der Waals surface area contributed by atoms with Gasteiger partial charge in [-0.3, -0.25) is 29.0 Å². The predicted molar refractivity (Wildman–Crippen MR) is 128 cm³/mol. The minimum atomic E-state index is -0.159. The first-order valence-electron chi connectivity index (χ1n) is 12.5. The Balaban J connectivity index is 1.21. The Labute approximate surface area is 198 Å². The van der Waals surface area contributed by atoms with Gasteiger partial charge >= 0.3 is 0 Å². The minimum absolute atomic E-state index is 0.0627. The van der Waals surface area contributed by atoms with Crippen LogP contribution in [-0.2, 0) is 19.2 Å². The summed E-state index contributed by atoms with van der Waals surface area (Å²) < 4.78 is 0. The number of imide groups is 2. The van der Waals surface area contributed by atoms with Gasteiger partial charge < -0.3 is 0 Å². The number of anilines is 2. The van der Waals surface area contributed by atoms with Crippen LogP contribution in [0.5, 0.6) is 0 Å². The molecule has 0 unspecified atom stereocenters. The Morgan fingerprint density at radius 3 is 0.971 bits per heavy atom. The lowest BCUT2D eigenvalue weighted by atomic mass is 9.81. The molecule has 2 saturated carbocycles. The van der Waals surface area contributed by atoms with Crippen molar-refractivity contribution in [2.24, 2.45) is 23.7 Å². The van der Waals surface area contributed by atoms with E-state index in [1.165, 1.54) is 9.80 Å². The highest BCUT2D eigenvalue weighted by Crippen LogP contribution is 2.42. The third-order valence-electron chi connectivity index (χ3n) is 8.27. The van der Waals surface area contributed by atoms with Crippen molar-refractivity contribution in [1.29, 1.82) is 0 Å². The fourth-order valence-electron chi connectivity index (χ4n) is 6.44. The van der Waals surface area contributed by atoms with Crippen molar-refractivity contribution >= 4 is 35.0 Å². The Morgan fingerprint density at radius 1 is 0.441 bits per heavy atom. The molecule has 4 aliphatic rings. The monoisotopic (exact) mass is 456 g/mol. The first-order chi connectivity index (χ1) is 16.5. The number of hydrogen-bond donors (Lipinski definition) is 0. The number of rotatable bonds is 3. The van der Waals surface area contributed by atoms with Crippen molar-refractivity contribution in [3.63, 3.8) is 0 Å². The molecule has 4 atom stereocenters. The van der Waals surface area contributed by atoms with Crippen LogP contribution in [0.2, 0.25) is 0 Å². The van der Waals surface area contributed by atoms with Crippen molar-refractivity contribution in [3.8, 4) is 11.1 Å². The third-order valence-corrected chi connectivity index (χ3v) is 8.27. The Hall–Kier alpha value is -3.28. The van der Waals surface area contributed by atoms with Crippen LogP contribution in [0.4, 0.5) is 11.4 Å². The van der Waals surface area contributed by atoms with Crippen LogP contribution in [0.15, 0.2) is 48.5 Å². The molecule has 34 heavy (non-hydrogen) atoms. The van der Waals surface area contributed by atoms with Crippen LogP contribution in [0.1, 0.15) is 51.4 Å². The summed E-state index contributed by atoms with van der Waals surface area (Å²) in [5.41, 5.74) is 3.14. The average Bonchev–Trinajstić information content (AvgIpc) is 3.29. The van der Waals surface area contributed by atoms with Crippen LogP contribution < -0.4 is 9.80 Å². The molecular weight excluding hydrogens is 428 g/mol. The van der Waals surface area contributed by atoms with E-state index in [1.807, 2.05) is 48.5 Å². The van der Waals surface area contributed by atoms with Gasteiger partial charge in [-0.1, -0.05) is 49.9 Å². The normalized spacial score (nSPS) is 28.9. The molecule has 0 radical (unpaired) electrons. The van der Waals surface area contributed by atoms with Gasteiger partial charge in [0.25, 0.3) is 0 Å². The summed E-state index contributed by atoms with van der Waals surface area (Å²) in [6.07, 6.45) is 7.27. The van der Waals surface area contributed by atoms with Gasteiger partial charge in [0, 0.05) is 0 Å². The van der Waals surface area contributed by atoms with Crippen molar-refractivity contribution in [2.45, 2.75) is 51.4 Å². The van der Waals surface area contributed by atoms with Crippen LogP contribution in [0.3, 0.4) is 0 Å². The quantitative estimate of drug-likeness (QED) is 0.627. The summed E-state index contributed by atoms with van der Waals surface area (Å²) in [5.74, 6) is -0.887. The molecule has 0 bridgehead atoms. The summed E-state index contributed by atoms with van der Waals surface area (Å²) >= 11 is 0. The topological polar surface area (TPSA) is 74.8 Å². The highest BCUT2D eigenvalue weighted by molar-refractivity contribution is 6.23. The van der Waals surface area contributed by atoms with Crippen molar-refractivity contribution in [2.75, 3.05) is 9.80 Å².